The Morgan fingerprint density at radius 2 is 1.82 bits per heavy atom. The van der Waals surface area contributed by atoms with Gasteiger partial charge in [-0.15, -0.1) is 11.3 Å². The standard InChI is InChI=1S/C22H18N4OS/c1-16-12-18(15-28-16)22(27)24-23-13-19-14-26(20-10-6-3-7-11-20)25-21(19)17-8-4-2-5-9-17/h2-15H,1H3,(H,24,27)/b23-13+. The molecule has 6 heteroatoms. The minimum absolute atomic E-state index is 0.225. The molecule has 1 amide bonds. The highest BCUT2D eigenvalue weighted by Gasteiger charge is 2.11. The van der Waals surface area contributed by atoms with Crippen molar-refractivity contribution in [3.63, 3.8) is 0 Å². The molecule has 4 aromatic rings. The van der Waals surface area contributed by atoms with Crippen LogP contribution in [0.4, 0.5) is 0 Å². The summed E-state index contributed by atoms with van der Waals surface area (Å²) < 4.78 is 1.81. The van der Waals surface area contributed by atoms with E-state index in [9.17, 15) is 4.79 Å². The molecule has 138 valence electrons. The zero-order chi connectivity index (χ0) is 19.3. The van der Waals surface area contributed by atoms with Crippen molar-refractivity contribution in [1.29, 1.82) is 0 Å². The zero-order valence-corrected chi connectivity index (χ0v) is 16.1. The van der Waals surface area contributed by atoms with E-state index in [4.69, 9.17) is 5.10 Å². The van der Waals surface area contributed by atoms with Crippen molar-refractivity contribution in [2.24, 2.45) is 5.10 Å². The average molecular weight is 386 g/mol. The Morgan fingerprint density at radius 3 is 2.50 bits per heavy atom. The third-order valence-corrected chi connectivity index (χ3v) is 5.03. The highest BCUT2D eigenvalue weighted by atomic mass is 32.1. The summed E-state index contributed by atoms with van der Waals surface area (Å²) in [7, 11) is 0. The van der Waals surface area contributed by atoms with Gasteiger partial charge in [0.2, 0.25) is 0 Å². The number of nitrogens with one attached hydrogen (secondary N) is 1. The smallest absolute Gasteiger partial charge is 0.267 e. The molecule has 0 atom stereocenters. The van der Waals surface area contributed by atoms with Crippen LogP contribution in [0.25, 0.3) is 16.9 Å². The molecule has 28 heavy (non-hydrogen) atoms. The molecule has 0 aliphatic carbocycles. The number of carbonyl (C=O) groups excluding carboxylic acids is 1. The SMILES string of the molecule is Cc1cc(C(=O)N/N=C/c2cn(-c3ccccc3)nc2-c2ccccc2)cs1. The molecule has 0 saturated carbocycles. The second-order valence-electron chi connectivity index (χ2n) is 6.22. The number of hydrogen-bond donors (Lipinski definition) is 1. The first kappa shape index (κ1) is 17.9. The summed E-state index contributed by atoms with van der Waals surface area (Å²) in [6, 6.07) is 21.6. The monoisotopic (exact) mass is 386 g/mol. The number of hydrazone groups is 1. The Morgan fingerprint density at radius 1 is 1.11 bits per heavy atom. The van der Waals surface area contributed by atoms with Gasteiger partial charge in [0.05, 0.1) is 17.5 Å². The lowest BCUT2D eigenvalue weighted by atomic mass is 10.1. The van der Waals surface area contributed by atoms with E-state index in [2.05, 4.69) is 10.5 Å². The molecule has 0 unspecified atom stereocenters. The van der Waals surface area contributed by atoms with Crippen molar-refractivity contribution in [2.45, 2.75) is 6.92 Å². The maximum atomic E-state index is 12.2. The third-order valence-electron chi connectivity index (χ3n) is 4.17. The highest BCUT2D eigenvalue weighted by molar-refractivity contribution is 7.10. The van der Waals surface area contributed by atoms with Crippen molar-refractivity contribution in [3.05, 3.63) is 94.3 Å². The van der Waals surface area contributed by atoms with Crippen LogP contribution < -0.4 is 5.43 Å². The predicted molar refractivity (Wildman–Crippen MR) is 113 cm³/mol. The maximum Gasteiger partial charge on any atom is 0.272 e. The normalized spacial score (nSPS) is 11.0. The predicted octanol–water partition coefficient (Wildman–Crippen LogP) is 4.67. The molecule has 0 spiro atoms. The van der Waals surface area contributed by atoms with Gasteiger partial charge in [0.1, 0.15) is 5.69 Å². The first-order valence-electron chi connectivity index (χ1n) is 8.80. The minimum Gasteiger partial charge on any atom is -0.267 e. The maximum absolute atomic E-state index is 12.2. The number of benzene rings is 2. The summed E-state index contributed by atoms with van der Waals surface area (Å²) in [5.41, 5.74) is 6.76. The summed E-state index contributed by atoms with van der Waals surface area (Å²) >= 11 is 1.54. The van der Waals surface area contributed by atoms with E-state index in [0.29, 0.717) is 5.56 Å². The van der Waals surface area contributed by atoms with Gasteiger partial charge >= 0.3 is 0 Å². The van der Waals surface area contributed by atoms with E-state index in [1.165, 1.54) is 11.3 Å². The van der Waals surface area contributed by atoms with Gasteiger partial charge in [-0.2, -0.15) is 10.2 Å². The van der Waals surface area contributed by atoms with Crippen LogP contribution in [-0.2, 0) is 0 Å². The Balaban J connectivity index is 1.63. The molecule has 0 aliphatic heterocycles. The molecular weight excluding hydrogens is 368 g/mol. The average Bonchev–Trinajstić information content (AvgIpc) is 3.36. The number of aromatic nitrogens is 2. The Kier molecular flexibility index (Phi) is 5.12. The summed E-state index contributed by atoms with van der Waals surface area (Å²) in [5.74, 6) is -0.225. The number of amides is 1. The van der Waals surface area contributed by atoms with Crippen molar-refractivity contribution in [2.75, 3.05) is 0 Å². The molecule has 0 aliphatic rings. The van der Waals surface area contributed by atoms with E-state index < -0.39 is 0 Å². The van der Waals surface area contributed by atoms with E-state index in [1.807, 2.05) is 89.9 Å². The van der Waals surface area contributed by atoms with Crippen molar-refractivity contribution >= 4 is 23.5 Å². The topological polar surface area (TPSA) is 59.3 Å². The second kappa shape index (κ2) is 8.02. The van der Waals surface area contributed by atoms with Crippen LogP contribution >= 0.6 is 11.3 Å². The minimum atomic E-state index is -0.225. The fourth-order valence-corrected chi connectivity index (χ4v) is 3.49. The van der Waals surface area contributed by atoms with Gasteiger partial charge in [-0.3, -0.25) is 4.79 Å². The van der Waals surface area contributed by atoms with Crippen LogP contribution in [-0.4, -0.2) is 21.9 Å². The highest BCUT2D eigenvalue weighted by Crippen LogP contribution is 2.22. The van der Waals surface area contributed by atoms with Gasteiger partial charge < -0.3 is 0 Å². The van der Waals surface area contributed by atoms with E-state index in [-0.39, 0.29) is 5.91 Å². The molecular formula is C22H18N4OS. The first-order valence-corrected chi connectivity index (χ1v) is 9.68. The fourth-order valence-electron chi connectivity index (χ4n) is 2.80. The molecule has 4 rings (SSSR count). The quantitative estimate of drug-likeness (QED) is 0.400. The fraction of sp³-hybridized carbons (Fsp3) is 0.0455. The van der Waals surface area contributed by atoms with Crippen LogP contribution in [0.1, 0.15) is 20.8 Å². The lowest BCUT2D eigenvalue weighted by molar-refractivity contribution is 0.0955. The number of carbonyl (C=O) groups is 1. The van der Waals surface area contributed by atoms with E-state index >= 15 is 0 Å². The lowest BCUT2D eigenvalue weighted by Gasteiger charge is -2.00. The number of hydrogen-bond acceptors (Lipinski definition) is 4. The van der Waals surface area contributed by atoms with Crippen molar-refractivity contribution < 1.29 is 4.79 Å². The summed E-state index contributed by atoms with van der Waals surface area (Å²) in [6.07, 6.45) is 3.54. The van der Waals surface area contributed by atoms with Crippen LogP contribution in [0.3, 0.4) is 0 Å². The lowest BCUT2D eigenvalue weighted by Crippen LogP contribution is -2.16. The Labute approximate surface area is 167 Å². The molecule has 0 radical (unpaired) electrons. The Hall–Kier alpha value is -3.51. The molecule has 5 nitrogen and oxygen atoms in total. The summed E-state index contributed by atoms with van der Waals surface area (Å²) in [5, 5.41) is 10.7. The Bertz CT molecular complexity index is 1110. The van der Waals surface area contributed by atoms with Gasteiger partial charge in [-0.1, -0.05) is 48.5 Å². The molecule has 1 N–H and O–H groups in total. The number of thiophene rings is 1. The van der Waals surface area contributed by atoms with Gasteiger partial charge in [0.25, 0.3) is 5.91 Å². The summed E-state index contributed by atoms with van der Waals surface area (Å²) in [4.78, 5) is 13.3. The second-order valence-corrected chi connectivity index (χ2v) is 7.34. The zero-order valence-electron chi connectivity index (χ0n) is 15.2. The van der Waals surface area contributed by atoms with Crippen LogP contribution in [0.15, 0.2) is 83.4 Å². The molecule has 0 fully saturated rings. The first-order chi connectivity index (χ1) is 13.7. The number of rotatable bonds is 5. The largest absolute Gasteiger partial charge is 0.272 e. The molecule has 2 aromatic carbocycles. The third kappa shape index (κ3) is 3.92. The molecule has 2 heterocycles. The summed E-state index contributed by atoms with van der Waals surface area (Å²) in [6.45, 7) is 1.97. The number of para-hydroxylation sites is 1. The number of aryl methyl sites for hydroxylation is 1. The van der Waals surface area contributed by atoms with Crippen molar-refractivity contribution in [3.8, 4) is 16.9 Å². The molecule has 0 bridgehead atoms. The van der Waals surface area contributed by atoms with Crippen molar-refractivity contribution in [1.82, 2.24) is 15.2 Å². The van der Waals surface area contributed by atoms with E-state index in [0.717, 1.165) is 27.4 Å². The molecule has 0 saturated heterocycles. The van der Waals surface area contributed by atoms with Crippen LogP contribution in [0, 0.1) is 6.92 Å². The van der Waals surface area contributed by atoms with Gasteiger partial charge in [-0.05, 0) is 25.1 Å². The van der Waals surface area contributed by atoms with E-state index in [1.54, 1.807) is 6.21 Å². The van der Waals surface area contributed by atoms with Crippen LogP contribution in [0.5, 0.6) is 0 Å². The van der Waals surface area contributed by atoms with Gasteiger partial charge in [0, 0.05) is 27.6 Å². The van der Waals surface area contributed by atoms with Gasteiger partial charge in [0.15, 0.2) is 0 Å². The number of nitrogens with zero attached hydrogens (tertiary/aromatic N) is 3. The molecule has 2 aromatic heterocycles. The van der Waals surface area contributed by atoms with Crippen LogP contribution in [0.2, 0.25) is 0 Å². The van der Waals surface area contributed by atoms with Gasteiger partial charge in [-0.25, -0.2) is 10.1 Å².